The molecule has 4 aromatic rings. The Kier molecular flexibility index (Phi) is 8.39. The standard InChI is InChI=1S/C37H40F2N8O3/c1-7-29(48)45-16-22(5)46(17-21(45)4)35-24-15-26(39)33-31-25(38)9-8-10-27(31)44(18-23-11-12-23)19-30(49)43(6)28-13-14-40-32(20(2)3)34(28)47(36(24)41-33)37(50)42-35/h7-10,13-15,20-23H,1,11-12,16-19H2,2-6H3/t21-,22+/m1/s1. The van der Waals surface area contributed by atoms with Crippen molar-refractivity contribution in [3.63, 3.8) is 0 Å². The third kappa shape index (κ3) is 5.58. The van der Waals surface area contributed by atoms with Gasteiger partial charge in [0.15, 0.2) is 11.5 Å². The smallest absolute Gasteiger partial charge is 0.355 e. The van der Waals surface area contributed by atoms with Crippen LogP contribution in [0.25, 0.3) is 28.0 Å². The second-order valence-corrected chi connectivity index (χ2v) is 13.9. The molecule has 2 atom stereocenters. The van der Waals surface area contributed by atoms with E-state index in [1.807, 2.05) is 37.5 Å². The fraction of sp³-hybridized carbons (Fsp3) is 0.405. The lowest BCUT2D eigenvalue weighted by Gasteiger charge is -2.44. The van der Waals surface area contributed by atoms with E-state index < -0.39 is 17.3 Å². The SMILES string of the molecule is C=CC(=O)N1C[C@H](C)N(c2nc(=O)n3c4nc(c(F)cc24)-c2c(F)cccc2N(CC2CC2)CC(=O)N(C)c2ccnc(C(C)C)c2-3)C[C@H]1C. The summed E-state index contributed by atoms with van der Waals surface area (Å²) in [6.07, 6.45) is 4.83. The Bertz CT molecular complexity index is 2110. The third-order valence-corrected chi connectivity index (χ3v) is 10.0. The van der Waals surface area contributed by atoms with Crippen molar-refractivity contribution >= 4 is 40.0 Å². The highest BCUT2D eigenvalue weighted by atomic mass is 19.1. The number of anilines is 3. The van der Waals surface area contributed by atoms with Gasteiger partial charge in [-0.15, -0.1) is 0 Å². The van der Waals surface area contributed by atoms with Gasteiger partial charge in [0, 0.05) is 50.6 Å². The van der Waals surface area contributed by atoms with E-state index in [-0.39, 0.29) is 64.5 Å². The number of likely N-dealkylation sites (N-methyl/N-ethyl adjacent to an activating group) is 1. The second kappa shape index (κ2) is 12.6. The number of carbonyl (C=O) groups excluding carboxylic acids is 2. The maximum Gasteiger partial charge on any atom is 0.355 e. The molecule has 0 unspecified atom stereocenters. The summed E-state index contributed by atoms with van der Waals surface area (Å²) in [4.78, 5) is 62.1. The largest absolute Gasteiger partial charge is 0.361 e. The molecular formula is C37H40F2N8O3. The average Bonchev–Trinajstić information content (AvgIpc) is 3.91. The maximum absolute atomic E-state index is 16.7. The van der Waals surface area contributed by atoms with Crippen LogP contribution in [0.15, 0.2) is 54.0 Å². The highest BCUT2D eigenvalue weighted by Gasteiger charge is 2.36. The summed E-state index contributed by atoms with van der Waals surface area (Å²) in [6.45, 7) is 12.2. The van der Waals surface area contributed by atoms with E-state index in [2.05, 4.69) is 16.5 Å². The molecule has 11 nitrogen and oxygen atoms in total. The van der Waals surface area contributed by atoms with Gasteiger partial charge in [-0.3, -0.25) is 14.6 Å². The Morgan fingerprint density at radius 3 is 2.50 bits per heavy atom. The number of rotatable bonds is 5. The van der Waals surface area contributed by atoms with Gasteiger partial charge in [0.2, 0.25) is 11.8 Å². The Balaban J connectivity index is 1.57. The predicted molar refractivity (Wildman–Crippen MR) is 189 cm³/mol. The molecule has 260 valence electrons. The van der Waals surface area contributed by atoms with Crippen LogP contribution in [0, 0.1) is 17.6 Å². The van der Waals surface area contributed by atoms with E-state index in [9.17, 15) is 14.4 Å². The topological polar surface area (TPSA) is 108 Å². The van der Waals surface area contributed by atoms with Gasteiger partial charge in [0.1, 0.15) is 17.3 Å². The molecular weight excluding hydrogens is 642 g/mol. The number of halogens is 2. The monoisotopic (exact) mass is 682 g/mol. The molecule has 0 spiro atoms. The Morgan fingerprint density at radius 1 is 1.04 bits per heavy atom. The number of nitrogens with zero attached hydrogens (tertiary/aromatic N) is 8. The number of hydrogen-bond donors (Lipinski definition) is 0. The molecule has 0 radical (unpaired) electrons. The summed E-state index contributed by atoms with van der Waals surface area (Å²) in [5.41, 5.74) is 0.503. The van der Waals surface area contributed by atoms with E-state index in [0.29, 0.717) is 48.3 Å². The average molecular weight is 683 g/mol. The van der Waals surface area contributed by atoms with Crippen LogP contribution in [0.3, 0.4) is 0 Å². The van der Waals surface area contributed by atoms with E-state index in [1.165, 1.54) is 27.7 Å². The van der Waals surface area contributed by atoms with Crippen LogP contribution in [-0.2, 0) is 9.59 Å². The molecule has 2 bridgehead atoms. The van der Waals surface area contributed by atoms with Crippen LogP contribution >= 0.6 is 0 Å². The van der Waals surface area contributed by atoms with Gasteiger partial charge in [-0.05, 0) is 68.9 Å². The Morgan fingerprint density at radius 2 is 1.80 bits per heavy atom. The van der Waals surface area contributed by atoms with Gasteiger partial charge in [-0.1, -0.05) is 26.5 Å². The molecule has 2 fully saturated rings. The van der Waals surface area contributed by atoms with Crippen LogP contribution < -0.4 is 20.4 Å². The fourth-order valence-electron chi connectivity index (χ4n) is 7.20. The Hall–Kier alpha value is -5.20. The number of amides is 2. The first-order chi connectivity index (χ1) is 23.9. The molecule has 3 aliphatic rings. The third-order valence-electron chi connectivity index (χ3n) is 10.0. The minimum atomic E-state index is -0.805. The zero-order chi connectivity index (χ0) is 35.6. The molecule has 0 N–H and O–H groups in total. The number of piperazine rings is 1. The minimum absolute atomic E-state index is 0.0429. The highest BCUT2D eigenvalue weighted by molar-refractivity contribution is 6.00. The fourth-order valence-corrected chi connectivity index (χ4v) is 7.20. The second-order valence-electron chi connectivity index (χ2n) is 13.9. The van der Waals surface area contributed by atoms with E-state index in [4.69, 9.17) is 4.98 Å². The van der Waals surface area contributed by atoms with Crippen molar-refractivity contribution in [2.75, 3.05) is 47.9 Å². The zero-order valence-electron chi connectivity index (χ0n) is 28.9. The number of fused-ring (bicyclic) bond motifs is 5. The van der Waals surface area contributed by atoms with E-state index >= 15 is 8.78 Å². The molecule has 1 saturated carbocycles. The first kappa shape index (κ1) is 33.3. The number of hydrogen-bond acceptors (Lipinski definition) is 8. The number of benzene rings is 1. The number of pyridine rings is 2. The van der Waals surface area contributed by atoms with Crippen molar-refractivity contribution in [3.05, 3.63) is 77.0 Å². The quantitative estimate of drug-likeness (QED) is 0.270. The van der Waals surface area contributed by atoms with E-state index in [0.717, 1.165) is 12.8 Å². The van der Waals surface area contributed by atoms with Gasteiger partial charge in [0.25, 0.3) is 0 Å². The van der Waals surface area contributed by atoms with E-state index in [1.54, 1.807) is 36.3 Å². The number of aromatic nitrogens is 4. The normalized spacial score (nSPS) is 19.4. The van der Waals surface area contributed by atoms with Crippen LogP contribution in [0.4, 0.5) is 26.0 Å². The molecule has 3 aromatic heterocycles. The van der Waals surface area contributed by atoms with Crippen LogP contribution in [-0.4, -0.2) is 81.5 Å². The zero-order valence-corrected chi connectivity index (χ0v) is 28.9. The number of carbonyl (C=O) groups is 2. The lowest BCUT2D eigenvalue weighted by molar-refractivity contribution is -0.128. The molecule has 1 aliphatic carbocycles. The van der Waals surface area contributed by atoms with Crippen molar-refractivity contribution in [2.24, 2.45) is 5.92 Å². The van der Waals surface area contributed by atoms with Crippen LogP contribution in [0.2, 0.25) is 0 Å². The predicted octanol–water partition coefficient (Wildman–Crippen LogP) is 5.05. The first-order valence-corrected chi connectivity index (χ1v) is 17.0. The molecule has 2 aliphatic heterocycles. The minimum Gasteiger partial charge on any atom is -0.361 e. The summed E-state index contributed by atoms with van der Waals surface area (Å²) in [7, 11) is 1.64. The molecule has 1 saturated heterocycles. The molecule has 50 heavy (non-hydrogen) atoms. The van der Waals surface area contributed by atoms with Crippen LogP contribution in [0.1, 0.15) is 52.1 Å². The summed E-state index contributed by atoms with van der Waals surface area (Å²) >= 11 is 0. The van der Waals surface area contributed by atoms with Crippen molar-refractivity contribution in [2.45, 2.75) is 58.5 Å². The molecule has 5 heterocycles. The van der Waals surface area contributed by atoms with Gasteiger partial charge in [0.05, 0.1) is 34.6 Å². The van der Waals surface area contributed by atoms with Crippen molar-refractivity contribution < 1.29 is 18.4 Å². The van der Waals surface area contributed by atoms with Gasteiger partial charge in [-0.2, -0.15) is 4.98 Å². The Labute approximate surface area is 288 Å². The molecule has 1 aromatic carbocycles. The van der Waals surface area contributed by atoms with Gasteiger partial charge in [-0.25, -0.2) is 23.1 Å². The molecule has 13 heteroatoms. The van der Waals surface area contributed by atoms with Crippen LogP contribution in [0.5, 0.6) is 0 Å². The summed E-state index contributed by atoms with van der Waals surface area (Å²) in [5, 5.41) is 0.219. The maximum atomic E-state index is 16.7. The molecule has 2 amide bonds. The summed E-state index contributed by atoms with van der Waals surface area (Å²) < 4.78 is 34.0. The molecule has 7 rings (SSSR count). The van der Waals surface area contributed by atoms with Crippen molar-refractivity contribution in [3.8, 4) is 16.9 Å². The lowest BCUT2D eigenvalue weighted by Crippen LogP contribution is -2.58. The lowest BCUT2D eigenvalue weighted by atomic mass is 10.0. The summed E-state index contributed by atoms with van der Waals surface area (Å²) in [6, 6.07) is 6.81. The van der Waals surface area contributed by atoms with Crippen molar-refractivity contribution in [1.29, 1.82) is 0 Å². The highest BCUT2D eigenvalue weighted by Crippen LogP contribution is 2.41. The van der Waals surface area contributed by atoms with Crippen molar-refractivity contribution in [1.82, 2.24) is 24.4 Å². The summed E-state index contributed by atoms with van der Waals surface area (Å²) in [5.74, 6) is -1.71. The first-order valence-electron chi connectivity index (χ1n) is 17.0. The van der Waals surface area contributed by atoms with Gasteiger partial charge >= 0.3 is 5.69 Å². The van der Waals surface area contributed by atoms with Gasteiger partial charge < -0.3 is 19.6 Å².